The summed E-state index contributed by atoms with van der Waals surface area (Å²) in [5, 5.41) is 8.54. The second-order valence-electron chi connectivity index (χ2n) is 4.92. The first kappa shape index (κ1) is 12.8. The van der Waals surface area contributed by atoms with Gasteiger partial charge in [0.1, 0.15) is 0 Å². The average molecular weight is 238 g/mol. The van der Waals surface area contributed by atoms with E-state index in [0.29, 0.717) is 18.6 Å². The van der Waals surface area contributed by atoms with Crippen molar-refractivity contribution < 1.29 is 9.47 Å². The van der Waals surface area contributed by atoms with Gasteiger partial charge in [-0.15, -0.1) is 0 Å². The maximum absolute atomic E-state index is 8.54. The van der Waals surface area contributed by atoms with Gasteiger partial charge < -0.3 is 14.4 Å². The Labute approximate surface area is 103 Å². The molecule has 0 aromatic carbocycles. The summed E-state index contributed by atoms with van der Waals surface area (Å²) < 4.78 is 11.4. The van der Waals surface area contributed by atoms with Crippen LogP contribution >= 0.6 is 0 Å². The summed E-state index contributed by atoms with van der Waals surface area (Å²) in [7, 11) is 0. The molecule has 2 aliphatic rings. The smallest absolute Gasteiger partial charge is 0.0809 e. The first-order chi connectivity index (χ1) is 8.38. The third kappa shape index (κ3) is 4.27. The number of hydrogen-bond donors (Lipinski definition) is 0. The van der Waals surface area contributed by atoms with Gasteiger partial charge in [0.25, 0.3) is 0 Å². The Morgan fingerprint density at radius 3 is 2.76 bits per heavy atom. The molecule has 4 nitrogen and oxygen atoms in total. The molecule has 2 fully saturated rings. The van der Waals surface area contributed by atoms with Crippen molar-refractivity contribution in [3.8, 4) is 6.07 Å². The van der Waals surface area contributed by atoms with Crippen LogP contribution in [0.5, 0.6) is 0 Å². The van der Waals surface area contributed by atoms with Gasteiger partial charge >= 0.3 is 0 Å². The summed E-state index contributed by atoms with van der Waals surface area (Å²) >= 11 is 0. The van der Waals surface area contributed by atoms with Gasteiger partial charge in [-0.2, -0.15) is 5.26 Å². The largest absolute Gasteiger partial charge is 0.376 e. The lowest BCUT2D eigenvalue weighted by Crippen LogP contribution is -2.38. The first-order valence-electron chi connectivity index (χ1n) is 6.71. The Bertz CT molecular complexity index is 251. The first-order valence-corrected chi connectivity index (χ1v) is 6.71. The molecule has 0 aliphatic carbocycles. The Kier molecular flexibility index (Phi) is 5.24. The van der Waals surface area contributed by atoms with Crippen molar-refractivity contribution >= 4 is 0 Å². The zero-order chi connectivity index (χ0) is 11.9. The van der Waals surface area contributed by atoms with E-state index in [1.54, 1.807) is 0 Å². The number of likely N-dealkylation sites (tertiary alicyclic amines) is 1. The molecular weight excluding hydrogens is 216 g/mol. The lowest BCUT2D eigenvalue weighted by atomic mass is 10.1. The molecule has 0 aromatic heterocycles. The highest BCUT2D eigenvalue weighted by atomic mass is 16.5. The predicted octanol–water partition coefficient (Wildman–Crippen LogP) is 1.56. The predicted molar refractivity (Wildman–Crippen MR) is 64.6 cm³/mol. The van der Waals surface area contributed by atoms with Crippen molar-refractivity contribution in [3.63, 3.8) is 0 Å². The molecule has 2 rings (SSSR count). The number of rotatable bonds is 5. The second kappa shape index (κ2) is 6.95. The van der Waals surface area contributed by atoms with Crippen LogP contribution in [-0.2, 0) is 9.47 Å². The fourth-order valence-electron chi connectivity index (χ4n) is 2.53. The second-order valence-corrected chi connectivity index (χ2v) is 4.92. The fraction of sp³-hybridized carbons (Fsp3) is 0.923. The van der Waals surface area contributed by atoms with Crippen LogP contribution in [0.25, 0.3) is 0 Å². The van der Waals surface area contributed by atoms with Gasteiger partial charge in [-0.05, 0) is 25.7 Å². The molecule has 2 aliphatic heterocycles. The highest BCUT2D eigenvalue weighted by Gasteiger charge is 2.22. The van der Waals surface area contributed by atoms with Gasteiger partial charge in [0.2, 0.25) is 0 Å². The lowest BCUT2D eigenvalue weighted by Gasteiger charge is -2.31. The van der Waals surface area contributed by atoms with Crippen molar-refractivity contribution in [1.82, 2.24) is 4.90 Å². The van der Waals surface area contributed by atoms with E-state index in [1.807, 2.05) is 0 Å². The van der Waals surface area contributed by atoms with Gasteiger partial charge in [0.05, 0.1) is 24.9 Å². The van der Waals surface area contributed by atoms with Crippen LogP contribution in [0, 0.1) is 11.3 Å². The van der Waals surface area contributed by atoms with Gasteiger partial charge in [0.15, 0.2) is 0 Å². The molecule has 96 valence electrons. The molecule has 0 unspecified atom stereocenters. The van der Waals surface area contributed by atoms with Crippen LogP contribution in [0.15, 0.2) is 0 Å². The third-order valence-corrected chi connectivity index (χ3v) is 3.62. The third-order valence-electron chi connectivity index (χ3n) is 3.62. The molecule has 2 saturated heterocycles. The van der Waals surface area contributed by atoms with Crippen LogP contribution in [0.1, 0.15) is 32.1 Å². The molecule has 0 radical (unpaired) electrons. The van der Waals surface area contributed by atoms with E-state index in [9.17, 15) is 0 Å². The normalized spacial score (nSPS) is 27.1. The standard InChI is InChI=1S/C13H22N2O2/c14-6-2-7-15-8-4-12(5-9-15)17-11-13-3-1-10-16-13/h12-13H,1-5,7-11H2/t13-/m0/s1. The molecule has 0 spiro atoms. The molecule has 0 bridgehead atoms. The molecule has 0 aromatic rings. The number of nitriles is 1. The minimum atomic E-state index is 0.339. The molecule has 4 heteroatoms. The van der Waals surface area contributed by atoms with E-state index < -0.39 is 0 Å². The molecule has 0 N–H and O–H groups in total. The maximum atomic E-state index is 8.54. The number of piperidine rings is 1. The van der Waals surface area contributed by atoms with Crippen LogP contribution in [0.4, 0.5) is 0 Å². The van der Waals surface area contributed by atoms with Crippen LogP contribution < -0.4 is 0 Å². The minimum absolute atomic E-state index is 0.339. The summed E-state index contributed by atoms with van der Waals surface area (Å²) in [6, 6.07) is 2.20. The highest BCUT2D eigenvalue weighted by Crippen LogP contribution is 2.17. The summed E-state index contributed by atoms with van der Waals surface area (Å²) in [5.41, 5.74) is 0. The van der Waals surface area contributed by atoms with E-state index in [4.69, 9.17) is 14.7 Å². The quantitative estimate of drug-likeness (QED) is 0.729. The van der Waals surface area contributed by atoms with Gasteiger partial charge in [0, 0.05) is 32.7 Å². The molecule has 2 heterocycles. The van der Waals surface area contributed by atoms with E-state index in [1.165, 1.54) is 6.42 Å². The van der Waals surface area contributed by atoms with Gasteiger partial charge in [-0.25, -0.2) is 0 Å². The van der Waals surface area contributed by atoms with Crippen LogP contribution in [-0.4, -0.2) is 50.0 Å². The van der Waals surface area contributed by atoms with Gasteiger partial charge in [-0.3, -0.25) is 0 Å². The molecule has 0 amide bonds. The van der Waals surface area contributed by atoms with Crippen molar-refractivity contribution in [1.29, 1.82) is 5.26 Å². The summed E-state index contributed by atoms with van der Waals surface area (Å²) in [5.74, 6) is 0. The number of ether oxygens (including phenoxy) is 2. The molecule has 0 saturated carbocycles. The Hall–Kier alpha value is -0.630. The number of hydrogen-bond acceptors (Lipinski definition) is 4. The monoisotopic (exact) mass is 238 g/mol. The van der Waals surface area contributed by atoms with E-state index >= 15 is 0 Å². The Morgan fingerprint density at radius 2 is 2.12 bits per heavy atom. The fourth-order valence-corrected chi connectivity index (χ4v) is 2.53. The van der Waals surface area contributed by atoms with E-state index in [-0.39, 0.29) is 0 Å². The van der Waals surface area contributed by atoms with Crippen LogP contribution in [0.2, 0.25) is 0 Å². The number of nitrogens with zero attached hydrogens (tertiary/aromatic N) is 2. The van der Waals surface area contributed by atoms with Crippen LogP contribution in [0.3, 0.4) is 0 Å². The maximum Gasteiger partial charge on any atom is 0.0809 e. The summed E-state index contributed by atoms with van der Waals surface area (Å²) in [6.45, 7) is 4.72. The topological polar surface area (TPSA) is 45.5 Å². The van der Waals surface area contributed by atoms with Crippen molar-refractivity contribution in [2.45, 2.75) is 44.3 Å². The lowest BCUT2D eigenvalue weighted by molar-refractivity contribution is -0.0416. The molecular formula is C13H22N2O2. The molecule has 17 heavy (non-hydrogen) atoms. The zero-order valence-electron chi connectivity index (χ0n) is 10.4. The Morgan fingerprint density at radius 1 is 1.29 bits per heavy atom. The SMILES string of the molecule is N#CCCN1CCC(OC[C@@H]2CCCO2)CC1. The van der Waals surface area contributed by atoms with Crippen molar-refractivity contribution in [3.05, 3.63) is 0 Å². The summed E-state index contributed by atoms with van der Waals surface area (Å²) in [4.78, 5) is 2.36. The van der Waals surface area contributed by atoms with Crippen molar-refractivity contribution in [2.75, 3.05) is 32.8 Å². The van der Waals surface area contributed by atoms with E-state index in [2.05, 4.69) is 11.0 Å². The minimum Gasteiger partial charge on any atom is -0.376 e. The van der Waals surface area contributed by atoms with Gasteiger partial charge in [-0.1, -0.05) is 0 Å². The van der Waals surface area contributed by atoms with E-state index in [0.717, 1.165) is 52.1 Å². The highest BCUT2D eigenvalue weighted by molar-refractivity contribution is 4.77. The Balaban J connectivity index is 1.57. The molecule has 1 atom stereocenters. The average Bonchev–Trinajstić information content (AvgIpc) is 2.88. The van der Waals surface area contributed by atoms with Crippen molar-refractivity contribution in [2.24, 2.45) is 0 Å². The zero-order valence-corrected chi connectivity index (χ0v) is 10.4. The summed E-state index contributed by atoms with van der Waals surface area (Å²) in [6.07, 6.45) is 5.91.